The van der Waals surface area contributed by atoms with Crippen LogP contribution < -0.4 is 5.73 Å². The summed E-state index contributed by atoms with van der Waals surface area (Å²) in [7, 11) is -1.63. The van der Waals surface area contributed by atoms with E-state index in [1.807, 2.05) is 6.07 Å². The van der Waals surface area contributed by atoms with Gasteiger partial charge in [-0.1, -0.05) is 11.6 Å². The Kier molecular flexibility index (Phi) is 5.63. The number of hydrogen-bond acceptors (Lipinski definition) is 7. The maximum Gasteiger partial charge on any atom is 0.160 e. The van der Waals surface area contributed by atoms with Gasteiger partial charge in [0.25, 0.3) is 0 Å². The largest absolute Gasteiger partial charge is 0.330 e. The highest BCUT2D eigenvalue weighted by Crippen LogP contribution is 2.28. The van der Waals surface area contributed by atoms with E-state index >= 15 is 0 Å². The molecule has 2 N–H and O–H groups in total. The number of halogens is 1. The van der Waals surface area contributed by atoms with E-state index in [1.54, 1.807) is 30.6 Å². The van der Waals surface area contributed by atoms with Crippen LogP contribution in [0.25, 0.3) is 11.4 Å². The smallest absolute Gasteiger partial charge is 0.160 e. The lowest BCUT2D eigenvalue weighted by atomic mass is 10.1. The monoisotopic (exact) mass is 384 g/mol. The molecule has 3 aromatic rings. The topological polar surface area (TPSA) is 118 Å². The highest BCUT2D eigenvalue weighted by molar-refractivity contribution is 7.85. The first-order valence-electron chi connectivity index (χ1n) is 7.58. The summed E-state index contributed by atoms with van der Waals surface area (Å²) in [6, 6.07) is 8.38. The highest BCUT2D eigenvalue weighted by Gasteiger charge is 2.17. The number of rotatable bonds is 5. The van der Waals surface area contributed by atoms with Gasteiger partial charge in [-0.3, -0.25) is 0 Å². The lowest BCUT2D eigenvalue weighted by Crippen LogP contribution is -2.04. The summed E-state index contributed by atoms with van der Waals surface area (Å²) < 4.78 is 13.0. The summed E-state index contributed by atoms with van der Waals surface area (Å²) >= 11 is 5.84. The number of nitrogens with zero attached hydrogens (tertiary/aromatic N) is 5. The van der Waals surface area contributed by atoms with Crippen molar-refractivity contribution in [1.82, 2.24) is 20.2 Å². The van der Waals surface area contributed by atoms with Crippen molar-refractivity contribution in [2.24, 2.45) is 5.73 Å². The molecule has 9 heteroatoms. The van der Waals surface area contributed by atoms with Crippen LogP contribution in [0.3, 0.4) is 0 Å². The SMILES string of the molecule is N#Cc1ccc(-c2ncc(CCN)cn2)c(S(=O)c2cnnc(Cl)c2)c1. The molecule has 3 rings (SSSR count). The fourth-order valence-electron chi connectivity index (χ4n) is 2.27. The van der Waals surface area contributed by atoms with E-state index in [0.29, 0.717) is 39.7 Å². The fraction of sp³-hybridized carbons (Fsp3) is 0.118. The van der Waals surface area contributed by atoms with Gasteiger partial charge in [-0.2, -0.15) is 10.4 Å². The number of benzene rings is 1. The van der Waals surface area contributed by atoms with Gasteiger partial charge in [0.1, 0.15) is 0 Å². The molecule has 130 valence electrons. The van der Waals surface area contributed by atoms with E-state index in [-0.39, 0.29) is 5.15 Å². The van der Waals surface area contributed by atoms with Gasteiger partial charge in [-0.15, -0.1) is 5.10 Å². The van der Waals surface area contributed by atoms with Crippen molar-refractivity contribution in [3.63, 3.8) is 0 Å². The lowest BCUT2D eigenvalue weighted by molar-refractivity contribution is 0.682. The summed E-state index contributed by atoms with van der Waals surface area (Å²) in [6.07, 6.45) is 5.42. The standard InChI is InChI=1S/C17H13ClN6OS/c18-16-6-13(10-23-24-16)26(25)15-5-11(7-20)1-2-14(15)17-21-8-12(3-4-19)9-22-17/h1-2,5-6,8-10H,3-4,19H2. The third-order valence-corrected chi connectivity index (χ3v) is 5.08. The zero-order chi connectivity index (χ0) is 18.5. The molecule has 0 aliphatic rings. The Morgan fingerprint density at radius 2 is 1.96 bits per heavy atom. The van der Waals surface area contributed by atoms with E-state index in [9.17, 15) is 9.47 Å². The van der Waals surface area contributed by atoms with Crippen molar-refractivity contribution in [2.75, 3.05) is 6.54 Å². The van der Waals surface area contributed by atoms with Crippen LogP contribution in [0.1, 0.15) is 11.1 Å². The molecule has 7 nitrogen and oxygen atoms in total. The summed E-state index contributed by atoms with van der Waals surface area (Å²) in [5, 5.41) is 16.7. The molecule has 1 unspecified atom stereocenters. The second-order valence-corrected chi connectivity index (χ2v) is 7.10. The highest BCUT2D eigenvalue weighted by atomic mass is 35.5. The van der Waals surface area contributed by atoms with E-state index in [1.165, 1.54) is 12.3 Å². The van der Waals surface area contributed by atoms with Gasteiger partial charge < -0.3 is 5.73 Å². The van der Waals surface area contributed by atoms with Crippen LogP contribution in [-0.2, 0) is 17.2 Å². The molecule has 0 saturated carbocycles. The Morgan fingerprint density at radius 1 is 1.19 bits per heavy atom. The van der Waals surface area contributed by atoms with E-state index in [0.717, 1.165) is 5.56 Å². The summed E-state index contributed by atoms with van der Waals surface area (Å²) in [5.41, 5.74) is 7.39. The van der Waals surface area contributed by atoms with Crippen molar-refractivity contribution in [1.29, 1.82) is 5.26 Å². The number of hydrogen-bond donors (Lipinski definition) is 1. The average Bonchev–Trinajstić information content (AvgIpc) is 2.68. The number of nitriles is 1. The Balaban J connectivity index is 2.09. The number of aromatic nitrogens is 4. The molecule has 0 bridgehead atoms. The third kappa shape index (κ3) is 3.91. The van der Waals surface area contributed by atoms with Crippen molar-refractivity contribution < 1.29 is 4.21 Å². The van der Waals surface area contributed by atoms with Crippen LogP contribution in [0, 0.1) is 11.3 Å². The van der Waals surface area contributed by atoms with Crippen LogP contribution >= 0.6 is 11.6 Å². The van der Waals surface area contributed by atoms with Crippen LogP contribution in [-0.4, -0.2) is 30.9 Å². The second kappa shape index (κ2) is 8.10. The Labute approximate surface area is 157 Å². The Hall–Kier alpha value is -2.73. The van der Waals surface area contributed by atoms with Gasteiger partial charge in [0, 0.05) is 18.0 Å². The van der Waals surface area contributed by atoms with Gasteiger partial charge in [0.15, 0.2) is 11.0 Å². The molecule has 2 heterocycles. The first-order chi connectivity index (χ1) is 12.6. The molecule has 26 heavy (non-hydrogen) atoms. The Morgan fingerprint density at radius 3 is 2.62 bits per heavy atom. The normalized spacial score (nSPS) is 11.7. The van der Waals surface area contributed by atoms with Crippen molar-refractivity contribution in [3.05, 3.63) is 59.1 Å². The van der Waals surface area contributed by atoms with E-state index < -0.39 is 10.8 Å². The number of nitrogens with two attached hydrogens (primary N) is 1. The lowest BCUT2D eigenvalue weighted by Gasteiger charge is -2.09. The predicted octanol–water partition coefficient (Wildman–Crippen LogP) is 2.13. The summed E-state index contributed by atoms with van der Waals surface area (Å²) in [4.78, 5) is 9.46. The van der Waals surface area contributed by atoms with Crippen molar-refractivity contribution in [2.45, 2.75) is 16.2 Å². The fourth-order valence-corrected chi connectivity index (χ4v) is 3.71. The average molecular weight is 385 g/mol. The van der Waals surface area contributed by atoms with Crippen molar-refractivity contribution >= 4 is 22.4 Å². The van der Waals surface area contributed by atoms with Gasteiger partial charge in [-0.05, 0) is 42.8 Å². The molecular weight excluding hydrogens is 372 g/mol. The summed E-state index contributed by atoms with van der Waals surface area (Å²) in [5.74, 6) is 0.409. The molecule has 0 aliphatic heterocycles. The predicted molar refractivity (Wildman–Crippen MR) is 96.7 cm³/mol. The quantitative estimate of drug-likeness (QED) is 0.715. The van der Waals surface area contributed by atoms with Gasteiger partial charge in [-0.25, -0.2) is 14.2 Å². The van der Waals surface area contributed by atoms with Gasteiger partial charge in [0.2, 0.25) is 0 Å². The molecule has 1 aromatic carbocycles. The van der Waals surface area contributed by atoms with E-state index in [2.05, 4.69) is 20.2 Å². The van der Waals surface area contributed by atoms with Gasteiger partial charge in [0.05, 0.1) is 38.4 Å². The minimum Gasteiger partial charge on any atom is -0.330 e. The molecule has 0 aliphatic carbocycles. The molecule has 0 spiro atoms. The third-order valence-electron chi connectivity index (χ3n) is 3.50. The summed E-state index contributed by atoms with van der Waals surface area (Å²) in [6.45, 7) is 0.505. The molecule has 0 radical (unpaired) electrons. The van der Waals surface area contributed by atoms with E-state index in [4.69, 9.17) is 17.3 Å². The Bertz CT molecular complexity index is 1000. The minimum atomic E-state index is -1.63. The molecule has 0 saturated heterocycles. The van der Waals surface area contributed by atoms with Crippen molar-refractivity contribution in [3.8, 4) is 17.5 Å². The molecule has 1 atom stereocenters. The molecule has 2 aromatic heterocycles. The molecule has 0 fully saturated rings. The first kappa shape index (κ1) is 18.1. The molecule has 0 amide bonds. The minimum absolute atomic E-state index is 0.135. The van der Waals surface area contributed by atoms with Crippen LogP contribution in [0.15, 0.2) is 52.6 Å². The van der Waals surface area contributed by atoms with Crippen LogP contribution in [0.2, 0.25) is 5.15 Å². The first-order valence-corrected chi connectivity index (χ1v) is 9.10. The maximum absolute atomic E-state index is 13.0. The zero-order valence-corrected chi connectivity index (χ0v) is 15.0. The maximum atomic E-state index is 13.0. The van der Waals surface area contributed by atoms with Crippen LogP contribution in [0.5, 0.6) is 0 Å². The second-order valence-electron chi connectivity index (χ2n) is 5.26. The zero-order valence-electron chi connectivity index (χ0n) is 13.5. The van der Waals surface area contributed by atoms with Crippen LogP contribution in [0.4, 0.5) is 0 Å². The molecular formula is C17H13ClN6OS. The van der Waals surface area contributed by atoms with Gasteiger partial charge >= 0.3 is 0 Å².